The van der Waals surface area contributed by atoms with E-state index in [1.54, 1.807) is 0 Å². The Labute approximate surface area is 153 Å². The van der Waals surface area contributed by atoms with Gasteiger partial charge in [-0.25, -0.2) is 4.98 Å². The molecule has 26 heavy (non-hydrogen) atoms. The molecule has 0 radical (unpaired) electrons. The van der Waals surface area contributed by atoms with Crippen LogP contribution < -0.4 is 0 Å². The molecule has 3 aromatic rings. The molecule has 3 heterocycles. The van der Waals surface area contributed by atoms with Crippen molar-refractivity contribution in [3.05, 3.63) is 65.5 Å². The third kappa shape index (κ3) is 2.65. The molecule has 2 fully saturated rings. The highest BCUT2D eigenvalue weighted by Crippen LogP contribution is 2.46. The Morgan fingerprint density at radius 1 is 1.12 bits per heavy atom. The van der Waals surface area contributed by atoms with Crippen molar-refractivity contribution >= 4 is 11.1 Å². The minimum absolute atomic E-state index is 0.436. The fourth-order valence-electron chi connectivity index (χ4n) is 4.93. The average Bonchev–Trinajstić information content (AvgIpc) is 3.12. The van der Waals surface area contributed by atoms with E-state index in [-0.39, 0.29) is 0 Å². The molecule has 0 aliphatic carbocycles. The van der Waals surface area contributed by atoms with Crippen LogP contribution in [0.25, 0.3) is 11.1 Å². The molecule has 2 aliphatic rings. The van der Waals surface area contributed by atoms with E-state index in [0.29, 0.717) is 18.0 Å². The summed E-state index contributed by atoms with van der Waals surface area (Å²) in [5.41, 5.74) is 3.19. The molecule has 5 rings (SSSR count). The highest BCUT2D eigenvalue weighted by atomic mass is 16.3. The number of fused-ring (bicyclic) bond motifs is 3. The van der Waals surface area contributed by atoms with Crippen LogP contribution >= 0.6 is 0 Å². The number of hydrogen-bond acceptors (Lipinski definition) is 4. The molecule has 0 spiro atoms. The Hall–Kier alpha value is -2.17. The van der Waals surface area contributed by atoms with Crippen molar-refractivity contribution in [1.82, 2.24) is 9.88 Å². The average molecular weight is 348 g/mol. The molecule has 4 heteroatoms. The summed E-state index contributed by atoms with van der Waals surface area (Å²) >= 11 is 0. The number of rotatable bonds is 3. The maximum absolute atomic E-state index is 11.5. The molecular weight excluding hydrogens is 324 g/mol. The van der Waals surface area contributed by atoms with E-state index >= 15 is 0 Å². The van der Waals surface area contributed by atoms with Gasteiger partial charge in [-0.1, -0.05) is 36.4 Å². The van der Waals surface area contributed by atoms with Crippen molar-refractivity contribution in [2.24, 2.45) is 0 Å². The van der Waals surface area contributed by atoms with Crippen LogP contribution in [0.15, 0.2) is 52.9 Å². The molecule has 2 aromatic carbocycles. The minimum atomic E-state index is -0.770. The number of aryl methyl sites for hydroxylation is 1. The molecule has 1 aromatic heterocycles. The number of hydrogen-bond donors (Lipinski definition) is 1. The van der Waals surface area contributed by atoms with E-state index < -0.39 is 5.60 Å². The van der Waals surface area contributed by atoms with E-state index in [2.05, 4.69) is 40.2 Å². The maximum atomic E-state index is 11.5. The summed E-state index contributed by atoms with van der Waals surface area (Å²) in [5.74, 6) is 0.668. The van der Waals surface area contributed by atoms with E-state index in [9.17, 15) is 5.11 Å². The van der Waals surface area contributed by atoms with Crippen LogP contribution in [0.5, 0.6) is 0 Å². The molecule has 2 atom stereocenters. The highest BCUT2D eigenvalue weighted by Gasteiger charge is 2.48. The first-order chi connectivity index (χ1) is 12.6. The summed E-state index contributed by atoms with van der Waals surface area (Å²) in [7, 11) is 0. The van der Waals surface area contributed by atoms with Crippen LogP contribution in [-0.4, -0.2) is 27.1 Å². The Morgan fingerprint density at radius 2 is 1.85 bits per heavy atom. The second kappa shape index (κ2) is 5.93. The van der Waals surface area contributed by atoms with Gasteiger partial charge >= 0.3 is 0 Å². The quantitative estimate of drug-likeness (QED) is 0.772. The fourth-order valence-corrected chi connectivity index (χ4v) is 4.93. The second-order valence-electron chi connectivity index (χ2n) is 7.90. The molecule has 134 valence electrons. The first-order valence-electron chi connectivity index (χ1n) is 9.50. The summed E-state index contributed by atoms with van der Waals surface area (Å²) in [5, 5.41) is 11.5. The maximum Gasteiger partial charge on any atom is 0.192 e. The van der Waals surface area contributed by atoms with Crippen LogP contribution in [0, 0.1) is 6.92 Å². The van der Waals surface area contributed by atoms with Crippen molar-refractivity contribution < 1.29 is 9.52 Å². The minimum Gasteiger partial charge on any atom is -0.441 e. The first kappa shape index (κ1) is 16.0. The summed E-state index contributed by atoms with van der Waals surface area (Å²) < 4.78 is 5.68. The Bertz CT molecular complexity index is 920. The lowest BCUT2D eigenvalue weighted by molar-refractivity contribution is -0.0594. The molecule has 2 saturated heterocycles. The standard InChI is InChI=1S/C22H24N2O2/c1-15-23-20-10-7-17(11-21(20)26-15)22(25)12-18-8-9-19(13-22)24(18)14-16-5-3-2-4-6-16/h2-7,10-11,18-19,25H,8-9,12-14H2,1H3. The van der Waals surface area contributed by atoms with E-state index in [4.69, 9.17) is 4.42 Å². The van der Waals surface area contributed by atoms with Crippen molar-refractivity contribution in [3.63, 3.8) is 0 Å². The number of aromatic nitrogens is 1. The van der Waals surface area contributed by atoms with Gasteiger partial charge in [0.25, 0.3) is 0 Å². The molecule has 0 saturated carbocycles. The number of piperidine rings is 1. The predicted octanol–water partition coefficient (Wildman–Crippen LogP) is 4.15. The van der Waals surface area contributed by atoms with E-state index in [1.165, 1.54) is 18.4 Å². The van der Waals surface area contributed by atoms with Crippen molar-refractivity contribution in [2.45, 2.75) is 56.8 Å². The van der Waals surface area contributed by atoms with E-state index in [0.717, 1.165) is 36.0 Å². The fraction of sp³-hybridized carbons (Fsp3) is 0.409. The molecule has 4 nitrogen and oxygen atoms in total. The lowest BCUT2D eigenvalue weighted by Gasteiger charge is -2.44. The van der Waals surface area contributed by atoms with Crippen LogP contribution in [0.2, 0.25) is 0 Å². The summed E-state index contributed by atoms with van der Waals surface area (Å²) in [6.07, 6.45) is 3.91. The largest absolute Gasteiger partial charge is 0.441 e. The van der Waals surface area contributed by atoms with Gasteiger partial charge < -0.3 is 9.52 Å². The number of benzene rings is 2. The summed E-state index contributed by atoms with van der Waals surface area (Å²) in [4.78, 5) is 6.96. The predicted molar refractivity (Wildman–Crippen MR) is 101 cm³/mol. The van der Waals surface area contributed by atoms with Gasteiger partial charge in [-0.15, -0.1) is 0 Å². The van der Waals surface area contributed by atoms with Crippen molar-refractivity contribution in [2.75, 3.05) is 0 Å². The van der Waals surface area contributed by atoms with Crippen LogP contribution in [0.3, 0.4) is 0 Å². The molecule has 0 amide bonds. The smallest absolute Gasteiger partial charge is 0.192 e. The van der Waals surface area contributed by atoms with Gasteiger partial charge in [0.2, 0.25) is 0 Å². The monoisotopic (exact) mass is 348 g/mol. The third-order valence-corrected chi connectivity index (χ3v) is 6.16. The Balaban J connectivity index is 1.41. The van der Waals surface area contributed by atoms with E-state index in [1.807, 2.05) is 25.1 Å². The Morgan fingerprint density at radius 3 is 2.58 bits per heavy atom. The van der Waals surface area contributed by atoms with Gasteiger partial charge in [-0.05, 0) is 48.9 Å². The molecule has 2 bridgehead atoms. The lowest BCUT2D eigenvalue weighted by Crippen LogP contribution is -2.49. The van der Waals surface area contributed by atoms with Gasteiger partial charge in [0, 0.05) is 25.6 Å². The molecule has 2 aliphatic heterocycles. The first-order valence-corrected chi connectivity index (χ1v) is 9.50. The summed E-state index contributed by atoms with van der Waals surface area (Å²) in [6.45, 7) is 2.84. The third-order valence-electron chi connectivity index (χ3n) is 6.16. The van der Waals surface area contributed by atoms with Crippen molar-refractivity contribution in [1.29, 1.82) is 0 Å². The normalized spacial score (nSPS) is 28.7. The Kier molecular flexibility index (Phi) is 3.66. The summed E-state index contributed by atoms with van der Waals surface area (Å²) in [6, 6.07) is 17.5. The number of aliphatic hydroxyl groups is 1. The van der Waals surface area contributed by atoms with Crippen LogP contribution in [0.1, 0.15) is 42.7 Å². The SMILES string of the molecule is Cc1nc2ccc(C3(O)CC4CCC(C3)N4Cc3ccccc3)cc2o1. The topological polar surface area (TPSA) is 49.5 Å². The van der Waals surface area contributed by atoms with Crippen molar-refractivity contribution in [3.8, 4) is 0 Å². The molecule has 2 unspecified atom stereocenters. The number of nitrogens with zero attached hydrogens (tertiary/aromatic N) is 2. The zero-order chi connectivity index (χ0) is 17.7. The molecular formula is C22H24N2O2. The molecule has 1 N–H and O–H groups in total. The van der Waals surface area contributed by atoms with Crippen LogP contribution in [-0.2, 0) is 12.1 Å². The van der Waals surface area contributed by atoms with Gasteiger partial charge in [-0.2, -0.15) is 0 Å². The zero-order valence-corrected chi connectivity index (χ0v) is 15.1. The highest BCUT2D eigenvalue weighted by molar-refractivity contribution is 5.73. The van der Waals surface area contributed by atoms with Crippen LogP contribution in [0.4, 0.5) is 0 Å². The van der Waals surface area contributed by atoms with Gasteiger partial charge in [0.1, 0.15) is 5.52 Å². The van der Waals surface area contributed by atoms with Gasteiger partial charge in [-0.3, -0.25) is 4.90 Å². The van der Waals surface area contributed by atoms with Gasteiger partial charge in [0.15, 0.2) is 11.5 Å². The van der Waals surface area contributed by atoms with Gasteiger partial charge in [0.05, 0.1) is 5.60 Å². The zero-order valence-electron chi connectivity index (χ0n) is 15.1. The number of oxazole rings is 1. The second-order valence-corrected chi connectivity index (χ2v) is 7.90. The lowest BCUT2D eigenvalue weighted by atomic mass is 9.80.